The Morgan fingerprint density at radius 2 is 2.18 bits per heavy atom. The van der Waals surface area contributed by atoms with E-state index in [1.165, 1.54) is 18.5 Å². The van der Waals surface area contributed by atoms with Crippen LogP contribution in [-0.2, 0) is 0 Å². The highest BCUT2D eigenvalue weighted by Crippen LogP contribution is 1.96. The van der Waals surface area contributed by atoms with E-state index >= 15 is 0 Å². The molecule has 0 aliphatic rings. The van der Waals surface area contributed by atoms with Crippen molar-refractivity contribution in [2.24, 2.45) is 0 Å². The van der Waals surface area contributed by atoms with Gasteiger partial charge in [-0.25, -0.2) is 0 Å². The molecule has 0 aliphatic heterocycles. The average Bonchev–Trinajstić information content (AvgIpc) is 1.87. The van der Waals surface area contributed by atoms with Crippen LogP contribution in [0, 0.1) is 0 Å². The largest absolute Gasteiger partial charge is 0.302 e. The summed E-state index contributed by atoms with van der Waals surface area (Å²) in [6.07, 6.45) is 5.12. The molecule has 1 nitrogen and oxygen atoms in total. The number of rotatable bonds is 5. The van der Waals surface area contributed by atoms with E-state index in [1.54, 1.807) is 0 Å². The minimum atomic E-state index is 1.06. The first-order chi connectivity index (χ1) is 5.20. The third-order valence-electron chi connectivity index (χ3n) is 1.53. The molecule has 0 saturated carbocycles. The van der Waals surface area contributed by atoms with Crippen LogP contribution in [0.1, 0.15) is 20.3 Å². The van der Waals surface area contributed by atoms with E-state index < -0.39 is 0 Å². The predicted octanol–water partition coefficient (Wildman–Crippen LogP) is 2.46. The van der Waals surface area contributed by atoms with Gasteiger partial charge in [-0.3, -0.25) is 0 Å². The van der Waals surface area contributed by atoms with Crippen LogP contribution in [0.2, 0.25) is 0 Å². The second-order valence-electron chi connectivity index (χ2n) is 2.99. The van der Waals surface area contributed by atoms with Crippen molar-refractivity contribution in [2.45, 2.75) is 20.3 Å². The number of allylic oxidation sites excluding steroid dienone is 2. The number of hydrogen-bond acceptors (Lipinski definition) is 1. The molecule has 64 valence electrons. The summed E-state index contributed by atoms with van der Waals surface area (Å²) < 4.78 is 0. The minimum absolute atomic E-state index is 1.06. The lowest BCUT2D eigenvalue weighted by Gasteiger charge is -2.15. The lowest BCUT2D eigenvalue weighted by Crippen LogP contribution is -2.20. The van der Waals surface area contributed by atoms with Gasteiger partial charge in [-0.05, 0) is 26.9 Å². The molecule has 0 rings (SSSR count). The molecule has 1 heteroatoms. The quantitative estimate of drug-likeness (QED) is 0.548. The summed E-state index contributed by atoms with van der Waals surface area (Å²) in [6.45, 7) is 10.2. The molecule has 0 saturated heterocycles. The maximum absolute atomic E-state index is 3.66. The van der Waals surface area contributed by atoms with Gasteiger partial charge in [0.2, 0.25) is 0 Å². The molecular weight excluding hydrogens is 134 g/mol. The Kier molecular flexibility index (Phi) is 5.86. The Bertz CT molecular complexity index is 136. The monoisotopic (exact) mass is 153 g/mol. The standard InChI is InChI=1S/C10H19N/c1-5-7-10(3)9-11(4)8-6-2/h5,7H,1,6,8-9H2,2-4H3/b10-7+. The molecule has 0 spiro atoms. The summed E-state index contributed by atoms with van der Waals surface area (Å²) in [5.41, 5.74) is 1.37. The van der Waals surface area contributed by atoms with Crippen LogP contribution in [-0.4, -0.2) is 25.0 Å². The maximum atomic E-state index is 3.66. The SMILES string of the molecule is C=C/C=C(\C)CN(C)CCC. The van der Waals surface area contributed by atoms with Gasteiger partial charge in [0.1, 0.15) is 0 Å². The van der Waals surface area contributed by atoms with E-state index in [4.69, 9.17) is 0 Å². The van der Waals surface area contributed by atoms with Crippen molar-refractivity contribution in [1.29, 1.82) is 0 Å². The van der Waals surface area contributed by atoms with Crippen molar-refractivity contribution in [2.75, 3.05) is 20.1 Å². The van der Waals surface area contributed by atoms with Crippen molar-refractivity contribution < 1.29 is 0 Å². The smallest absolute Gasteiger partial charge is 0.0190 e. The first-order valence-electron chi connectivity index (χ1n) is 4.17. The first kappa shape index (κ1) is 10.4. The van der Waals surface area contributed by atoms with E-state index in [0.29, 0.717) is 0 Å². The zero-order valence-electron chi connectivity index (χ0n) is 7.93. The zero-order valence-corrected chi connectivity index (χ0v) is 7.93. The summed E-state index contributed by atoms with van der Waals surface area (Å²) in [5, 5.41) is 0. The summed E-state index contributed by atoms with van der Waals surface area (Å²) in [4.78, 5) is 2.31. The van der Waals surface area contributed by atoms with Gasteiger partial charge >= 0.3 is 0 Å². The molecule has 0 unspecified atom stereocenters. The van der Waals surface area contributed by atoms with Crippen LogP contribution in [0.3, 0.4) is 0 Å². The fourth-order valence-corrected chi connectivity index (χ4v) is 1.14. The molecule has 0 bridgehead atoms. The normalized spacial score (nSPS) is 12.2. The van der Waals surface area contributed by atoms with Gasteiger partial charge in [0.15, 0.2) is 0 Å². The summed E-state index contributed by atoms with van der Waals surface area (Å²) in [5.74, 6) is 0. The Labute approximate surface area is 70.4 Å². The van der Waals surface area contributed by atoms with Gasteiger partial charge in [0, 0.05) is 6.54 Å². The van der Waals surface area contributed by atoms with Crippen molar-refractivity contribution in [3.63, 3.8) is 0 Å². The van der Waals surface area contributed by atoms with Crippen LogP contribution in [0.25, 0.3) is 0 Å². The van der Waals surface area contributed by atoms with E-state index in [9.17, 15) is 0 Å². The van der Waals surface area contributed by atoms with Crippen LogP contribution < -0.4 is 0 Å². The first-order valence-corrected chi connectivity index (χ1v) is 4.17. The van der Waals surface area contributed by atoms with Crippen LogP contribution >= 0.6 is 0 Å². The average molecular weight is 153 g/mol. The molecule has 0 fully saturated rings. The van der Waals surface area contributed by atoms with Gasteiger partial charge in [-0.2, -0.15) is 0 Å². The van der Waals surface area contributed by atoms with E-state index in [0.717, 1.165) is 6.54 Å². The van der Waals surface area contributed by atoms with Crippen molar-refractivity contribution >= 4 is 0 Å². The van der Waals surface area contributed by atoms with Gasteiger partial charge in [0.05, 0.1) is 0 Å². The Hall–Kier alpha value is -0.560. The molecule has 0 heterocycles. The highest BCUT2D eigenvalue weighted by Gasteiger charge is 1.95. The van der Waals surface area contributed by atoms with Gasteiger partial charge in [0.25, 0.3) is 0 Å². The third kappa shape index (κ3) is 5.86. The van der Waals surface area contributed by atoms with E-state index in [2.05, 4.69) is 38.5 Å². The van der Waals surface area contributed by atoms with Crippen LogP contribution in [0.4, 0.5) is 0 Å². The molecule has 11 heavy (non-hydrogen) atoms. The lowest BCUT2D eigenvalue weighted by molar-refractivity contribution is 0.363. The van der Waals surface area contributed by atoms with Gasteiger partial charge in [-0.15, -0.1) is 0 Å². The minimum Gasteiger partial charge on any atom is -0.302 e. The molecule has 0 aliphatic carbocycles. The van der Waals surface area contributed by atoms with Gasteiger partial charge < -0.3 is 4.90 Å². The zero-order chi connectivity index (χ0) is 8.69. The molecule has 0 aromatic rings. The Morgan fingerprint density at radius 3 is 2.64 bits per heavy atom. The fourth-order valence-electron chi connectivity index (χ4n) is 1.14. The van der Waals surface area contributed by atoms with Crippen molar-refractivity contribution in [3.05, 3.63) is 24.3 Å². The summed E-state index contributed by atoms with van der Waals surface area (Å²) in [7, 11) is 2.14. The van der Waals surface area contributed by atoms with Crippen LogP contribution in [0.5, 0.6) is 0 Å². The number of likely N-dealkylation sites (N-methyl/N-ethyl adjacent to an activating group) is 1. The highest BCUT2D eigenvalue weighted by atomic mass is 15.1. The summed E-state index contributed by atoms with van der Waals surface area (Å²) in [6, 6.07) is 0. The molecule has 0 atom stereocenters. The molecule has 0 aromatic heterocycles. The van der Waals surface area contributed by atoms with Crippen LogP contribution in [0.15, 0.2) is 24.3 Å². The highest BCUT2D eigenvalue weighted by molar-refractivity contribution is 5.08. The second-order valence-corrected chi connectivity index (χ2v) is 2.99. The van der Waals surface area contributed by atoms with E-state index in [1.807, 2.05) is 6.08 Å². The summed E-state index contributed by atoms with van der Waals surface area (Å²) >= 11 is 0. The third-order valence-corrected chi connectivity index (χ3v) is 1.53. The molecule has 0 N–H and O–H groups in total. The predicted molar refractivity (Wildman–Crippen MR) is 51.7 cm³/mol. The van der Waals surface area contributed by atoms with Crippen molar-refractivity contribution in [1.82, 2.24) is 4.90 Å². The number of nitrogens with zero attached hydrogens (tertiary/aromatic N) is 1. The Morgan fingerprint density at radius 1 is 1.55 bits per heavy atom. The molecule has 0 aromatic carbocycles. The topological polar surface area (TPSA) is 3.24 Å². The molecule has 0 amide bonds. The molecular formula is C10H19N. The van der Waals surface area contributed by atoms with Crippen molar-refractivity contribution in [3.8, 4) is 0 Å². The second kappa shape index (κ2) is 6.17. The Balaban J connectivity index is 3.64. The fraction of sp³-hybridized carbons (Fsp3) is 0.600. The maximum Gasteiger partial charge on any atom is 0.0190 e. The number of hydrogen-bond donors (Lipinski definition) is 0. The van der Waals surface area contributed by atoms with E-state index in [-0.39, 0.29) is 0 Å². The molecule has 0 radical (unpaired) electrons. The van der Waals surface area contributed by atoms with Gasteiger partial charge in [-0.1, -0.05) is 31.2 Å². The lowest BCUT2D eigenvalue weighted by atomic mass is 10.2.